The summed E-state index contributed by atoms with van der Waals surface area (Å²) in [4.78, 5) is 0. The first kappa shape index (κ1) is 15.6. The van der Waals surface area contributed by atoms with Gasteiger partial charge in [-0.3, -0.25) is 0 Å². The molecule has 0 radical (unpaired) electrons. The van der Waals surface area contributed by atoms with Crippen LogP contribution in [-0.4, -0.2) is 13.2 Å². The number of hydrogen-bond donors (Lipinski definition) is 1. The van der Waals surface area contributed by atoms with Gasteiger partial charge in [-0.05, 0) is 37.6 Å². The van der Waals surface area contributed by atoms with Gasteiger partial charge in [-0.15, -0.1) is 0 Å². The molecule has 0 aliphatic rings. The summed E-state index contributed by atoms with van der Waals surface area (Å²) < 4.78 is 5.83. The first-order valence-corrected chi connectivity index (χ1v) is 7.77. The second kappa shape index (κ2) is 8.48. The molecule has 0 saturated heterocycles. The van der Waals surface area contributed by atoms with E-state index in [1.807, 2.05) is 30.3 Å². The van der Waals surface area contributed by atoms with Crippen molar-refractivity contribution in [1.29, 1.82) is 0 Å². The lowest BCUT2D eigenvalue weighted by atomic mass is 10.0. The zero-order valence-electron chi connectivity index (χ0n) is 13.0. The molecule has 0 bridgehead atoms. The Hall–Kier alpha value is -1.80. The van der Waals surface area contributed by atoms with Crippen LogP contribution in [0.2, 0.25) is 0 Å². The SMILES string of the molecule is CCCNC(CCOc1ccccc1)c1cccc(C)c1. The lowest BCUT2D eigenvalue weighted by Gasteiger charge is -2.19. The van der Waals surface area contributed by atoms with Crippen molar-refractivity contribution in [2.75, 3.05) is 13.2 Å². The summed E-state index contributed by atoms with van der Waals surface area (Å²) in [5.41, 5.74) is 2.65. The van der Waals surface area contributed by atoms with Crippen molar-refractivity contribution < 1.29 is 4.74 Å². The van der Waals surface area contributed by atoms with Gasteiger partial charge in [-0.2, -0.15) is 0 Å². The maximum Gasteiger partial charge on any atom is 0.119 e. The normalized spacial score (nSPS) is 12.1. The quantitative estimate of drug-likeness (QED) is 0.770. The van der Waals surface area contributed by atoms with Gasteiger partial charge in [0.1, 0.15) is 5.75 Å². The molecule has 2 heteroatoms. The fourth-order valence-corrected chi connectivity index (χ4v) is 2.40. The first-order valence-electron chi connectivity index (χ1n) is 7.77. The van der Waals surface area contributed by atoms with Crippen molar-refractivity contribution in [3.8, 4) is 5.75 Å². The van der Waals surface area contributed by atoms with E-state index in [1.165, 1.54) is 11.1 Å². The van der Waals surface area contributed by atoms with Crippen LogP contribution in [0, 0.1) is 6.92 Å². The standard InChI is InChI=1S/C19H25NO/c1-3-13-20-19(17-9-7-8-16(2)15-17)12-14-21-18-10-5-4-6-11-18/h4-11,15,19-20H,3,12-14H2,1-2H3. The predicted molar refractivity (Wildman–Crippen MR) is 88.8 cm³/mol. The fraction of sp³-hybridized carbons (Fsp3) is 0.368. The molecule has 1 unspecified atom stereocenters. The summed E-state index contributed by atoms with van der Waals surface area (Å²) in [6.07, 6.45) is 2.11. The van der Waals surface area contributed by atoms with Crippen LogP contribution in [0.25, 0.3) is 0 Å². The Balaban J connectivity index is 1.93. The fourth-order valence-electron chi connectivity index (χ4n) is 2.40. The van der Waals surface area contributed by atoms with Crippen molar-refractivity contribution in [3.63, 3.8) is 0 Å². The molecule has 112 valence electrons. The molecular formula is C19H25NO. The highest BCUT2D eigenvalue weighted by molar-refractivity contribution is 5.25. The van der Waals surface area contributed by atoms with Gasteiger partial charge in [0.2, 0.25) is 0 Å². The smallest absolute Gasteiger partial charge is 0.119 e. The van der Waals surface area contributed by atoms with Crippen molar-refractivity contribution in [2.24, 2.45) is 0 Å². The van der Waals surface area contributed by atoms with E-state index in [1.54, 1.807) is 0 Å². The minimum Gasteiger partial charge on any atom is -0.494 e. The van der Waals surface area contributed by atoms with Crippen LogP contribution < -0.4 is 10.1 Å². The van der Waals surface area contributed by atoms with Gasteiger partial charge in [0.15, 0.2) is 0 Å². The monoisotopic (exact) mass is 283 g/mol. The van der Waals surface area contributed by atoms with Gasteiger partial charge in [-0.25, -0.2) is 0 Å². The number of nitrogens with one attached hydrogen (secondary N) is 1. The van der Waals surface area contributed by atoms with E-state index in [4.69, 9.17) is 4.74 Å². The maximum atomic E-state index is 5.83. The highest BCUT2D eigenvalue weighted by Crippen LogP contribution is 2.19. The summed E-state index contributed by atoms with van der Waals surface area (Å²) in [5, 5.41) is 3.62. The Bertz CT molecular complexity index is 524. The summed E-state index contributed by atoms with van der Waals surface area (Å²) in [6, 6.07) is 19.1. The molecule has 1 atom stereocenters. The Morgan fingerprint density at radius 2 is 1.86 bits per heavy atom. The van der Waals surface area contributed by atoms with E-state index in [0.29, 0.717) is 6.04 Å². The van der Waals surface area contributed by atoms with Crippen LogP contribution in [0.3, 0.4) is 0 Å². The number of ether oxygens (including phenoxy) is 1. The Morgan fingerprint density at radius 1 is 1.05 bits per heavy atom. The van der Waals surface area contributed by atoms with Crippen molar-refractivity contribution >= 4 is 0 Å². The van der Waals surface area contributed by atoms with E-state index < -0.39 is 0 Å². The molecule has 2 nitrogen and oxygen atoms in total. The Kier molecular flexibility index (Phi) is 6.29. The minimum atomic E-state index is 0.355. The van der Waals surface area contributed by atoms with E-state index in [0.717, 1.165) is 31.7 Å². The topological polar surface area (TPSA) is 21.3 Å². The molecule has 0 spiro atoms. The van der Waals surface area contributed by atoms with Gasteiger partial charge < -0.3 is 10.1 Å². The summed E-state index contributed by atoms with van der Waals surface area (Å²) in [5.74, 6) is 0.941. The molecule has 0 saturated carbocycles. The molecule has 0 heterocycles. The number of benzene rings is 2. The van der Waals surface area contributed by atoms with E-state index in [9.17, 15) is 0 Å². The molecule has 0 aliphatic carbocycles. The highest BCUT2D eigenvalue weighted by atomic mass is 16.5. The van der Waals surface area contributed by atoms with Crippen molar-refractivity contribution in [2.45, 2.75) is 32.7 Å². The number of rotatable bonds is 8. The van der Waals surface area contributed by atoms with Crippen LogP contribution in [-0.2, 0) is 0 Å². The Labute approximate surface area is 128 Å². The third kappa shape index (κ3) is 5.24. The molecule has 0 amide bonds. The second-order valence-electron chi connectivity index (χ2n) is 5.37. The van der Waals surface area contributed by atoms with Crippen LogP contribution in [0.15, 0.2) is 54.6 Å². The second-order valence-corrected chi connectivity index (χ2v) is 5.37. The molecule has 2 rings (SSSR count). The van der Waals surface area contributed by atoms with Gasteiger partial charge in [0.25, 0.3) is 0 Å². The summed E-state index contributed by atoms with van der Waals surface area (Å²) in [6.45, 7) is 6.09. The molecule has 2 aromatic rings. The van der Waals surface area contributed by atoms with E-state index in [2.05, 4.69) is 43.4 Å². The molecular weight excluding hydrogens is 258 g/mol. The number of hydrogen-bond acceptors (Lipinski definition) is 2. The van der Waals surface area contributed by atoms with Gasteiger partial charge in [-0.1, -0.05) is 55.0 Å². The molecule has 2 aromatic carbocycles. The zero-order chi connectivity index (χ0) is 14.9. The molecule has 0 aliphatic heterocycles. The molecule has 21 heavy (non-hydrogen) atoms. The van der Waals surface area contributed by atoms with Crippen LogP contribution in [0.4, 0.5) is 0 Å². The molecule has 0 aromatic heterocycles. The number of aryl methyl sites for hydroxylation is 1. The molecule has 0 fully saturated rings. The number of para-hydroxylation sites is 1. The summed E-state index contributed by atoms with van der Waals surface area (Å²) >= 11 is 0. The van der Waals surface area contributed by atoms with Crippen LogP contribution >= 0.6 is 0 Å². The highest BCUT2D eigenvalue weighted by Gasteiger charge is 2.10. The lowest BCUT2D eigenvalue weighted by molar-refractivity contribution is 0.286. The van der Waals surface area contributed by atoms with Crippen LogP contribution in [0.1, 0.15) is 36.9 Å². The summed E-state index contributed by atoms with van der Waals surface area (Å²) in [7, 11) is 0. The maximum absolute atomic E-state index is 5.83. The lowest BCUT2D eigenvalue weighted by Crippen LogP contribution is -2.24. The minimum absolute atomic E-state index is 0.355. The largest absolute Gasteiger partial charge is 0.494 e. The average Bonchev–Trinajstić information content (AvgIpc) is 2.51. The Morgan fingerprint density at radius 3 is 2.57 bits per heavy atom. The first-order chi connectivity index (χ1) is 10.3. The zero-order valence-corrected chi connectivity index (χ0v) is 13.0. The third-order valence-electron chi connectivity index (χ3n) is 3.50. The third-order valence-corrected chi connectivity index (χ3v) is 3.50. The molecule has 1 N–H and O–H groups in total. The van der Waals surface area contributed by atoms with Crippen LogP contribution in [0.5, 0.6) is 5.75 Å². The van der Waals surface area contributed by atoms with Gasteiger partial charge >= 0.3 is 0 Å². The van der Waals surface area contributed by atoms with E-state index >= 15 is 0 Å². The average molecular weight is 283 g/mol. The predicted octanol–water partition coefficient (Wildman–Crippen LogP) is 4.50. The van der Waals surface area contributed by atoms with Crippen molar-refractivity contribution in [1.82, 2.24) is 5.32 Å². The van der Waals surface area contributed by atoms with Gasteiger partial charge in [0, 0.05) is 12.5 Å². The van der Waals surface area contributed by atoms with Gasteiger partial charge in [0.05, 0.1) is 6.61 Å². The van der Waals surface area contributed by atoms with E-state index in [-0.39, 0.29) is 0 Å². The van der Waals surface area contributed by atoms with Crippen molar-refractivity contribution in [3.05, 3.63) is 65.7 Å².